The van der Waals surface area contributed by atoms with Crippen LogP contribution in [0.2, 0.25) is 0 Å². The third kappa shape index (κ3) is 3.41. The van der Waals surface area contributed by atoms with Gasteiger partial charge in [0.1, 0.15) is 12.2 Å². The molecule has 1 aliphatic heterocycles. The van der Waals surface area contributed by atoms with Crippen LogP contribution in [0.1, 0.15) is 32.1 Å². The second kappa shape index (κ2) is 6.35. The maximum absolute atomic E-state index is 11.7. The molecule has 7 nitrogen and oxygen atoms in total. The van der Waals surface area contributed by atoms with Crippen molar-refractivity contribution < 1.29 is 14.3 Å². The molecule has 0 atom stereocenters. The van der Waals surface area contributed by atoms with E-state index < -0.39 is 0 Å². The standard InChI is InChI=1S/C15H18BrN3O4/c1-18-8-11(16)12(6-14(18)21)23-10-4-2-9(3-5-10)19-15(22)7-13(20)17-19/h6,8-10H,2-5,7H2,1H3,(H,17,20)/t9-,10-. The fourth-order valence-corrected chi connectivity index (χ4v) is 3.54. The van der Waals surface area contributed by atoms with Gasteiger partial charge in [0, 0.05) is 19.3 Å². The third-order valence-electron chi connectivity index (χ3n) is 4.27. The van der Waals surface area contributed by atoms with Gasteiger partial charge >= 0.3 is 0 Å². The maximum atomic E-state index is 11.7. The summed E-state index contributed by atoms with van der Waals surface area (Å²) >= 11 is 3.40. The monoisotopic (exact) mass is 383 g/mol. The van der Waals surface area contributed by atoms with Crippen molar-refractivity contribution in [1.29, 1.82) is 0 Å². The molecule has 1 aliphatic carbocycles. The van der Waals surface area contributed by atoms with Crippen molar-refractivity contribution in [3.8, 4) is 5.75 Å². The molecule has 0 aromatic carbocycles. The quantitative estimate of drug-likeness (QED) is 0.792. The fourth-order valence-electron chi connectivity index (χ4n) is 3.02. The smallest absolute Gasteiger partial charge is 0.254 e. The maximum Gasteiger partial charge on any atom is 0.254 e. The third-order valence-corrected chi connectivity index (χ3v) is 4.87. The van der Waals surface area contributed by atoms with Crippen molar-refractivity contribution in [2.45, 2.75) is 44.2 Å². The number of hydrogen-bond acceptors (Lipinski definition) is 4. The molecule has 2 fully saturated rings. The van der Waals surface area contributed by atoms with E-state index in [1.165, 1.54) is 15.6 Å². The second-order valence-electron chi connectivity index (χ2n) is 5.96. The molecule has 1 aromatic heterocycles. The number of pyridine rings is 1. The zero-order chi connectivity index (χ0) is 16.6. The predicted octanol–water partition coefficient (Wildman–Crippen LogP) is 1.10. The van der Waals surface area contributed by atoms with Gasteiger partial charge in [0.05, 0.1) is 16.6 Å². The van der Waals surface area contributed by atoms with Crippen molar-refractivity contribution in [3.05, 3.63) is 27.1 Å². The van der Waals surface area contributed by atoms with E-state index in [2.05, 4.69) is 21.4 Å². The summed E-state index contributed by atoms with van der Waals surface area (Å²) in [5.74, 6) is 0.146. The van der Waals surface area contributed by atoms with Crippen LogP contribution in [-0.2, 0) is 16.6 Å². The Morgan fingerprint density at radius 3 is 2.52 bits per heavy atom. The van der Waals surface area contributed by atoms with Gasteiger partial charge in [0.15, 0.2) is 0 Å². The van der Waals surface area contributed by atoms with Crippen LogP contribution in [0.15, 0.2) is 21.5 Å². The molecule has 23 heavy (non-hydrogen) atoms. The summed E-state index contributed by atoms with van der Waals surface area (Å²) in [6.45, 7) is 0. The van der Waals surface area contributed by atoms with Crippen LogP contribution >= 0.6 is 15.9 Å². The minimum absolute atomic E-state index is 0.00284. The Labute approximate surface area is 141 Å². The van der Waals surface area contributed by atoms with Gasteiger partial charge in [-0.1, -0.05) is 0 Å². The van der Waals surface area contributed by atoms with Crippen LogP contribution in [0.4, 0.5) is 0 Å². The van der Waals surface area contributed by atoms with Gasteiger partial charge < -0.3 is 9.30 Å². The molecule has 1 N–H and O–H groups in total. The number of nitrogens with zero attached hydrogens (tertiary/aromatic N) is 2. The summed E-state index contributed by atoms with van der Waals surface area (Å²) in [6.07, 6.45) is 4.69. The predicted molar refractivity (Wildman–Crippen MR) is 85.7 cm³/mol. The summed E-state index contributed by atoms with van der Waals surface area (Å²) in [6, 6.07) is 1.50. The largest absolute Gasteiger partial charge is 0.489 e. The zero-order valence-corrected chi connectivity index (χ0v) is 14.3. The highest BCUT2D eigenvalue weighted by Crippen LogP contribution is 2.30. The molecule has 1 saturated carbocycles. The van der Waals surface area contributed by atoms with Crippen molar-refractivity contribution >= 4 is 27.7 Å². The van der Waals surface area contributed by atoms with Crippen molar-refractivity contribution in [2.75, 3.05) is 0 Å². The number of aromatic nitrogens is 1. The number of carbonyl (C=O) groups excluding carboxylic acids is 2. The Bertz CT molecular complexity index is 694. The average molecular weight is 384 g/mol. The Kier molecular flexibility index (Phi) is 4.43. The van der Waals surface area contributed by atoms with E-state index in [1.54, 1.807) is 13.2 Å². The molecule has 124 valence electrons. The summed E-state index contributed by atoms with van der Waals surface area (Å²) in [4.78, 5) is 34.7. The summed E-state index contributed by atoms with van der Waals surface area (Å²) in [7, 11) is 1.68. The van der Waals surface area contributed by atoms with E-state index in [-0.39, 0.29) is 35.9 Å². The first-order chi connectivity index (χ1) is 10.9. The van der Waals surface area contributed by atoms with Crippen molar-refractivity contribution in [1.82, 2.24) is 15.0 Å². The molecule has 2 aliphatic rings. The van der Waals surface area contributed by atoms with E-state index in [9.17, 15) is 14.4 Å². The van der Waals surface area contributed by atoms with Crippen LogP contribution < -0.4 is 15.7 Å². The highest BCUT2D eigenvalue weighted by Gasteiger charge is 2.35. The molecule has 1 saturated heterocycles. The van der Waals surface area contributed by atoms with E-state index in [4.69, 9.17) is 4.74 Å². The Morgan fingerprint density at radius 2 is 1.91 bits per heavy atom. The van der Waals surface area contributed by atoms with Gasteiger partial charge in [-0.15, -0.1) is 0 Å². The van der Waals surface area contributed by atoms with Gasteiger partial charge in [-0.25, -0.2) is 0 Å². The minimum atomic E-state index is -0.238. The molecule has 0 bridgehead atoms. The van der Waals surface area contributed by atoms with Gasteiger partial charge in [0.25, 0.3) is 11.5 Å². The summed E-state index contributed by atoms with van der Waals surface area (Å²) < 4.78 is 8.15. The number of ether oxygens (including phenoxy) is 1. The molecule has 0 unspecified atom stereocenters. The number of hydrazine groups is 1. The molecule has 2 amide bonds. The first kappa shape index (κ1) is 16.0. The van der Waals surface area contributed by atoms with Crippen LogP contribution in [0.3, 0.4) is 0 Å². The molecular formula is C15H18BrN3O4. The van der Waals surface area contributed by atoms with Crippen LogP contribution in [-0.4, -0.2) is 33.5 Å². The van der Waals surface area contributed by atoms with E-state index in [0.717, 1.165) is 30.2 Å². The zero-order valence-electron chi connectivity index (χ0n) is 12.8. The number of amides is 2. The lowest BCUT2D eigenvalue weighted by molar-refractivity contribution is -0.133. The lowest BCUT2D eigenvalue weighted by Crippen LogP contribution is -2.46. The fraction of sp³-hybridized carbons (Fsp3) is 0.533. The highest BCUT2D eigenvalue weighted by atomic mass is 79.9. The topological polar surface area (TPSA) is 80.6 Å². The van der Waals surface area contributed by atoms with Gasteiger partial charge in [-0.3, -0.25) is 24.8 Å². The molecule has 3 rings (SSSR count). The first-order valence-electron chi connectivity index (χ1n) is 7.58. The molecule has 8 heteroatoms. The molecule has 0 spiro atoms. The first-order valence-corrected chi connectivity index (χ1v) is 8.37. The summed E-state index contributed by atoms with van der Waals surface area (Å²) in [5.41, 5.74) is 2.49. The lowest BCUT2D eigenvalue weighted by Gasteiger charge is -2.34. The van der Waals surface area contributed by atoms with Crippen LogP contribution in [0.25, 0.3) is 0 Å². The van der Waals surface area contributed by atoms with Crippen LogP contribution in [0, 0.1) is 0 Å². The highest BCUT2D eigenvalue weighted by molar-refractivity contribution is 9.10. The number of halogens is 1. The number of carbonyl (C=O) groups is 2. The van der Waals surface area contributed by atoms with Crippen molar-refractivity contribution in [3.63, 3.8) is 0 Å². The number of nitrogens with one attached hydrogen (secondary N) is 1. The average Bonchev–Trinajstić information content (AvgIpc) is 2.84. The van der Waals surface area contributed by atoms with Crippen molar-refractivity contribution in [2.24, 2.45) is 7.05 Å². The SMILES string of the molecule is Cn1cc(Br)c(O[C@H]2CC[C@H](N3NC(=O)CC3=O)CC2)cc1=O. The number of aryl methyl sites for hydroxylation is 1. The Morgan fingerprint density at radius 1 is 1.22 bits per heavy atom. The lowest BCUT2D eigenvalue weighted by atomic mass is 9.92. The number of hydrogen-bond donors (Lipinski definition) is 1. The van der Waals surface area contributed by atoms with E-state index >= 15 is 0 Å². The molecule has 1 aromatic rings. The van der Waals surface area contributed by atoms with Gasteiger partial charge in [-0.2, -0.15) is 0 Å². The number of rotatable bonds is 3. The minimum Gasteiger partial charge on any atom is -0.489 e. The van der Waals surface area contributed by atoms with E-state index in [1.807, 2.05) is 0 Å². The Balaban J connectivity index is 1.59. The summed E-state index contributed by atoms with van der Waals surface area (Å²) in [5, 5.41) is 1.47. The van der Waals surface area contributed by atoms with E-state index in [0.29, 0.717) is 5.75 Å². The Hall–Kier alpha value is -1.83. The second-order valence-corrected chi connectivity index (χ2v) is 6.81. The molecule has 0 radical (unpaired) electrons. The molecule has 2 heterocycles. The van der Waals surface area contributed by atoms with Gasteiger partial charge in [-0.05, 0) is 41.6 Å². The van der Waals surface area contributed by atoms with Crippen LogP contribution in [0.5, 0.6) is 5.75 Å². The van der Waals surface area contributed by atoms with Gasteiger partial charge in [0.2, 0.25) is 5.91 Å². The molecular weight excluding hydrogens is 366 g/mol. The normalized spacial score (nSPS) is 24.7.